The van der Waals surface area contributed by atoms with E-state index < -0.39 is 0 Å². The van der Waals surface area contributed by atoms with Gasteiger partial charge in [0, 0.05) is 26.1 Å². The molecule has 0 fully saturated rings. The Morgan fingerprint density at radius 3 is 3.00 bits per heavy atom. The molecule has 0 saturated carbocycles. The largest absolute Gasteiger partial charge is 0.383 e. The number of likely N-dealkylation sites (N-methyl/N-ethyl adjacent to an activating group) is 1. The zero-order valence-electron chi connectivity index (χ0n) is 7.08. The Morgan fingerprint density at radius 2 is 2.50 bits per heavy atom. The fourth-order valence-corrected chi connectivity index (χ4v) is 1.99. The second-order valence-corrected chi connectivity index (χ2v) is 4.02. The number of nitrogens with zero attached hydrogens (tertiary/aromatic N) is 2. The molecule has 0 amide bonds. The van der Waals surface area contributed by atoms with Crippen LogP contribution >= 0.6 is 27.3 Å². The lowest BCUT2D eigenvalue weighted by Crippen LogP contribution is -2.21. The van der Waals surface area contributed by atoms with Gasteiger partial charge in [-0.1, -0.05) is 0 Å². The summed E-state index contributed by atoms with van der Waals surface area (Å²) in [6.07, 6.45) is 0. The third-order valence-corrected chi connectivity index (χ3v) is 3.09. The average molecular weight is 251 g/mol. The molecular formula is C7H11BrN2OS. The van der Waals surface area contributed by atoms with Crippen molar-refractivity contribution in [3.63, 3.8) is 0 Å². The van der Waals surface area contributed by atoms with Crippen molar-refractivity contribution in [3.05, 3.63) is 9.98 Å². The van der Waals surface area contributed by atoms with Gasteiger partial charge in [0.2, 0.25) is 0 Å². The lowest BCUT2D eigenvalue weighted by atomic mass is 10.6. The molecule has 0 unspecified atom stereocenters. The van der Waals surface area contributed by atoms with Crippen LogP contribution in [-0.2, 0) is 4.74 Å². The zero-order chi connectivity index (χ0) is 8.97. The first-order valence-corrected chi connectivity index (χ1v) is 5.22. The molecule has 5 heteroatoms. The molecule has 1 aromatic rings. The highest BCUT2D eigenvalue weighted by molar-refractivity contribution is 9.10. The van der Waals surface area contributed by atoms with Gasteiger partial charge in [0.15, 0.2) is 5.13 Å². The monoisotopic (exact) mass is 250 g/mol. The Bertz CT molecular complexity index is 241. The molecule has 0 N–H and O–H groups in total. The fourth-order valence-electron chi connectivity index (χ4n) is 0.745. The summed E-state index contributed by atoms with van der Waals surface area (Å²) in [5.41, 5.74) is 0. The Labute approximate surface area is 84.5 Å². The van der Waals surface area contributed by atoms with Crippen LogP contribution in [0.2, 0.25) is 0 Å². The first-order valence-electron chi connectivity index (χ1n) is 3.55. The molecule has 1 rings (SSSR count). The van der Waals surface area contributed by atoms with Crippen molar-refractivity contribution in [3.8, 4) is 0 Å². The number of ether oxygens (including phenoxy) is 1. The quantitative estimate of drug-likeness (QED) is 0.818. The molecule has 0 radical (unpaired) electrons. The molecule has 0 aliphatic heterocycles. The number of aromatic nitrogens is 1. The van der Waals surface area contributed by atoms with E-state index in [9.17, 15) is 0 Å². The number of anilines is 1. The molecule has 12 heavy (non-hydrogen) atoms. The van der Waals surface area contributed by atoms with Gasteiger partial charge in [-0.05, 0) is 15.9 Å². The Kier molecular flexibility index (Phi) is 3.97. The second-order valence-electron chi connectivity index (χ2n) is 2.37. The van der Waals surface area contributed by atoms with Crippen LogP contribution in [0.5, 0.6) is 0 Å². The second kappa shape index (κ2) is 4.79. The van der Waals surface area contributed by atoms with Crippen molar-refractivity contribution in [1.82, 2.24) is 4.98 Å². The summed E-state index contributed by atoms with van der Waals surface area (Å²) < 4.78 is 5.86. The number of methoxy groups -OCH3 is 1. The molecule has 0 bridgehead atoms. The van der Waals surface area contributed by atoms with Crippen molar-refractivity contribution >= 4 is 32.4 Å². The van der Waals surface area contributed by atoms with E-state index in [2.05, 4.69) is 25.8 Å². The summed E-state index contributed by atoms with van der Waals surface area (Å²) in [6, 6.07) is 0. The Balaban J connectivity index is 2.47. The van der Waals surface area contributed by atoms with Crippen LogP contribution < -0.4 is 4.90 Å². The highest BCUT2D eigenvalue weighted by atomic mass is 79.9. The topological polar surface area (TPSA) is 25.4 Å². The maximum atomic E-state index is 4.96. The van der Waals surface area contributed by atoms with Crippen molar-refractivity contribution in [1.29, 1.82) is 0 Å². The van der Waals surface area contributed by atoms with E-state index in [1.165, 1.54) is 0 Å². The molecule has 1 aromatic heterocycles. The van der Waals surface area contributed by atoms with Crippen molar-refractivity contribution < 1.29 is 4.74 Å². The first kappa shape index (κ1) is 9.95. The van der Waals surface area contributed by atoms with Crippen LogP contribution in [0.15, 0.2) is 9.98 Å². The standard InChI is InChI=1S/C7H11BrN2OS/c1-10(3-4-11-2)7-9-6(8)5-12-7/h5H,3-4H2,1-2H3. The highest BCUT2D eigenvalue weighted by Crippen LogP contribution is 2.21. The van der Waals surface area contributed by atoms with Gasteiger partial charge < -0.3 is 9.64 Å². The zero-order valence-corrected chi connectivity index (χ0v) is 9.48. The van der Waals surface area contributed by atoms with E-state index >= 15 is 0 Å². The predicted octanol–water partition coefficient (Wildman–Crippen LogP) is 1.99. The summed E-state index contributed by atoms with van der Waals surface area (Å²) in [4.78, 5) is 6.34. The van der Waals surface area contributed by atoms with E-state index in [1.807, 2.05) is 12.4 Å². The molecule has 0 atom stereocenters. The van der Waals surface area contributed by atoms with Crippen molar-refractivity contribution in [2.45, 2.75) is 0 Å². The number of thiazole rings is 1. The number of hydrogen-bond donors (Lipinski definition) is 0. The highest BCUT2D eigenvalue weighted by Gasteiger charge is 2.04. The number of hydrogen-bond acceptors (Lipinski definition) is 4. The molecule has 0 spiro atoms. The maximum Gasteiger partial charge on any atom is 0.186 e. The molecular weight excluding hydrogens is 240 g/mol. The Morgan fingerprint density at radius 1 is 1.75 bits per heavy atom. The molecule has 0 aromatic carbocycles. The minimum Gasteiger partial charge on any atom is -0.383 e. The molecule has 0 saturated heterocycles. The van der Waals surface area contributed by atoms with Gasteiger partial charge in [-0.25, -0.2) is 4.98 Å². The molecule has 0 aliphatic rings. The van der Waals surface area contributed by atoms with Gasteiger partial charge in [-0.3, -0.25) is 0 Å². The lowest BCUT2D eigenvalue weighted by Gasteiger charge is -2.14. The predicted molar refractivity (Wildman–Crippen MR) is 55.0 cm³/mol. The van der Waals surface area contributed by atoms with Crippen molar-refractivity contribution in [2.75, 3.05) is 32.2 Å². The third-order valence-electron chi connectivity index (χ3n) is 1.42. The SMILES string of the molecule is COCCN(C)c1nc(Br)cs1. The number of rotatable bonds is 4. The van der Waals surface area contributed by atoms with Gasteiger partial charge in [0.25, 0.3) is 0 Å². The molecule has 0 aliphatic carbocycles. The summed E-state index contributed by atoms with van der Waals surface area (Å²) in [5, 5.41) is 2.98. The van der Waals surface area contributed by atoms with E-state index in [1.54, 1.807) is 18.4 Å². The van der Waals surface area contributed by atoms with E-state index in [0.717, 1.165) is 22.9 Å². The Hall–Kier alpha value is -0.130. The van der Waals surface area contributed by atoms with Crippen LogP contribution in [0.4, 0.5) is 5.13 Å². The minimum absolute atomic E-state index is 0.730. The third kappa shape index (κ3) is 2.73. The molecule has 3 nitrogen and oxygen atoms in total. The first-order chi connectivity index (χ1) is 5.74. The molecule has 1 heterocycles. The van der Waals surface area contributed by atoms with Gasteiger partial charge >= 0.3 is 0 Å². The van der Waals surface area contributed by atoms with Crippen LogP contribution in [0, 0.1) is 0 Å². The summed E-state index contributed by atoms with van der Waals surface area (Å²) in [6.45, 7) is 1.60. The average Bonchev–Trinajstić information content (AvgIpc) is 2.47. The van der Waals surface area contributed by atoms with Crippen LogP contribution in [-0.4, -0.2) is 32.3 Å². The summed E-state index contributed by atoms with van der Waals surface area (Å²) in [5.74, 6) is 0. The smallest absolute Gasteiger partial charge is 0.186 e. The van der Waals surface area contributed by atoms with Crippen molar-refractivity contribution in [2.24, 2.45) is 0 Å². The van der Waals surface area contributed by atoms with E-state index in [-0.39, 0.29) is 0 Å². The van der Waals surface area contributed by atoms with Gasteiger partial charge in [-0.2, -0.15) is 0 Å². The lowest BCUT2D eigenvalue weighted by molar-refractivity contribution is 0.206. The normalized spacial score (nSPS) is 10.2. The minimum atomic E-state index is 0.730. The summed E-state index contributed by atoms with van der Waals surface area (Å²) in [7, 11) is 3.70. The van der Waals surface area contributed by atoms with Crippen LogP contribution in [0.1, 0.15) is 0 Å². The van der Waals surface area contributed by atoms with E-state index in [0.29, 0.717) is 0 Å². The fraction of sp³-hybridized carbons (Fsp3) is 0.571. The molecule has 68 valence electrons. The van der Waals surface area contributed by atoms with Gasteiger partial charge in [-0.15, -0.1) is 11.3 Å². The summed E-state index contributed by atoms with van der Waals surface area (Å²) >= 11 is 4.93. The van der Waals surface area contributed by atoms with E-state index in [4.69, 9.17) is 4.74 Å². The van der Waals surface area contributed by atoms with Crippen LogP contribution in [0.25, 0.3) is 0 Å². The van der Waals surface area contributed by atoms with Gasteiger partial charge in [0.05, 0.1) is 6.61 Å². The number of halogens is 1. The van der Waals surface area contributed by atoms with Crippen LogP contribution in [0.3, 0.4) is 0 Å². The van der Waals surface area contributed by atoms with Gasteiger partial charge in [0.1, 0.15) is 4.60 Å². The maximum absolute atomic E-state index is 4.96.